The lowest BCUT2D eigenvalue weighted by atomic mass is 10.1. The van der Waals surface area contributed by atoms with Gasteiger partial charge >= 0.3 is 0 Å². The summed E-state index contributed by atoms with van der Waals surface area (Å²) in [6.07, 6.45) is 3.56. The van der Waals surface area contributed by atoms with Crippen molar-refractivity contribution in [3.05, 3.63) is 77.4 Å². The molecule has 0 atom stereocenters. The summed E-state index contributed by atoms with van der Waals surface area (Å²) in [5.74, 6) is -1.75. The second kappa shape index (κ2) is 8.73. The number of carbonyl (C=O) groups is 2. The van der Waals surface area contributed by atoms with Gasteiger partial charge in [-0.25, -0.2) is 4.39 Å². The highest BCUT2D eigenvalue weighted by molar-refractivity contribution is 6.06. The van der Waals surface area contributed by atoms with Crippen LogP contribution in [0.25, 0.3) is 17.0 Å². The zero-order valence-electron chi connectivity index (χ0n) is 16.7. The molecule has 2 N–H and O–H groups in total. The highest BCUT2D eigenvalue weighted by Gasteiger charge is 2.18. The normalized spacial score (nSPS) is 11.7. The molecule has 1 aromatic heterocycles. The van der Waals surface area contributed by atoms with Crippen molar-refractivity contribution >= 4 is 28.8 Å². The first-order valence-electron chi connectivity index (χ1n) is 9.57. The van der Waals surface area contributed by atoms with Crippen LogP contribution in [-0.2, 0) is 11.3 Å². The molecule has 0 unspecified atom stereocenters. The van der Waals surface area contributed by atoms with Gasteiger partial charge in [0.15, 0.2) is 0 Å². The van der Waals surface area contributed by atoms with E-state index in [-0.39, 0.29) is 17.3 Å². The second-order valence-electron chi connectivity index (χ2n) is 7.01. The van der Waals surface area contributed by atoms with E-state index in [2.05, 4.69) is 15.2 Å². The van der Waals surface area contributed by atoms with Crippen molar-refractivity contribution in [1.82, 2.24) is 15.2 Å². The number of carbonyl (C=O) groups excluding carboxylic acids is 2. The monoisotopic (exact) mass is 393 g/mol. The third-order valence-corrected chi connectivity index (χ3v) is 4.49. The molecule has 0 saturated heterocycles. The Bertz CT molecular complexity index is 1080. The average Bonchev–Trinajstić information content (AvgIpc) is 3.05. The summed E-state index contributed by atoms with van der Waals surface area (Å²) in [4.78, 5) is 25.3. The summed E-state index contributed by atoms with van der Waals surface area (Å²) in [6, 6.07) is 13.4. The maximum atomic E-state index is 14.0. The van der Waals surface area contributed by atoms with Gasteiger partial charge in [-0.1, -0.05) is 30.3 Å². The Morgan fingerprint density at radius 1 is 1.10 bits per heavy atom. The molecule has 0 aliphatic carbocycles. The summed E-state index contributed by atoms with van der Waals surface area (Å²) in [5.41, 5.74) is 1.77. The highest BCUT2D eigenvalue weighted by atomic mass is 19.1. The summed E-state index contributed by atoms with van der Waals surface area (Å²) in [5, 5.41) is 6.32. The van der Waals surface area contributed by atoms with E-state index in [1.807, 2.05) is 51.2 Å². The molecule has 29 heavy (non-hydrogen) atoms. The number of amides is 2. The van der Waals surface area contributed by atoms with Crippen molar-refractivity contribution in [3.8, 4) is 0 Å². The number of nitrogens with one attached hydrogen (secondary N) is 2. The molecule has 1 heterocycles. The smallest absolute Gasteiger partial charge is 0.268 e. The summed E-state index contributed by atoms with van der Waals surface area (Å²) in [7, 11) is 0. The molecule has 3 rings (SSSR count). The number of aromatic nitrogens is 1. The summed E-state index contributed by atoms with van der Waals surface area (Å²) >= 11 is 0. The Labute approximate surface area is 169 Å². The van der Waals surface area contributed by atoms with Gasteiger partial charge in [0, 0.05) is 35.2 Å². The Kier molecular flexibility index (Phi) is 6.12. The lowest BCUT2D eigenvalue weighted by Crippen LogP contribution is -2.38. The van der Waals surface area contributed by atoms with Crippen molar-refractivity contribution in [3.63, 3.8) is 0 Å². The number of halogens is 1. The number of hydrogen-bond acceptors (Lipinski definition) is 2. The molecule has 0 bridgehead atoms. The van der Waals surface area contributed by atoms with Crippen LogP contribution in [0.2, 0.25) is 0 Å². The minimum absolute atomic E-state index is 0.0611. The number of para-hydroxylation sites is 1. The number of nitrogens with zero attached hydrogens (tertiary/aromatic N) is 1. The SMILES string of the molecule is CCn1cc(/C=C(\NC(=O)c2ccccc2F)C(=O)NC(C)C)c2ccccc21. The van der Waals surface area contributed by atoms with Crippen molar-refractivity contribution in [2.24, 2.45) is 0 Å². The minimum Gasteiger partial charge on any atom is -0.349 e. The van der Waals surface area contributed by atoms with Gasteiger partial charge < -0.3 is 15.2 Å². The van der Waals surface area contributed by atoms with Crippen LogP contribution >= 0.6 is 0 Å². The molecule has 0 spiro atoms. The fraction of sp³-hybridized carbons (Fsp3) is 0.217. The number of fused-ring (bicyclic) bond motifs is 1. The number of rotatable bonds is 6. The van der Waals surface area contributed by atoms with Crippen LogP contribution < -0.4 is 10.6 Å². The Morgan fingerprint density at radius 3 is 2.48 bits per heavy atom. The average molecular weight is 393 g/mol. The van der Waals surface area contributed by atoms with Crippen molar-refractivity contribution < 1.29 is 14.0 Å². The predicted octanol–water partition coefficient (Wildman–Crippen LogP) is 4.10. The Balaban J connectivity index is 2.03. The van der Waals surface area contributed by atoms with Gasteiger partial charge in [-0.2, -0.15) is 0 Å². The summed E-state index contributed by atoms with van der Waals surface area (Å²) in [6.45, 7) is 6.46. The van der Waals surface area contributed by atoms with Crippen LogP contribution in [-0.4, -0.2) is 22.4 Å². The van der Waals surface area contributed by atoms with E-state index < -0.39 is 17.6 Å². The van der Waals surface area contributed by atoms with Crippen LogP contribution in [0.4, 0.5) is 4.39 Å². The molecule has 0 fully saturated rings. The fourth-order valence-electron chi connectivity index (χ4n) is 3.14. The quantitative estimate of drug-likeness (QED) is 0.620. The minimum atomic E-state index is -0.674. The third-order valence-electron chi connectivity index (χ3n) is 4.49. The van der Waals surface area contributed by atoms with Gasteiger partial charge in [0.1, 0.15) is 11.5 Å². The molecule has 0 saturated carbocycles. The largest absolute Gasteiger partial charge is 0.349 e. The number of benzene rings is 2. The number of aryl methyl sites for hydroxylation is 1. The maximum absolute atomic E-state index is 14.0. The van der Waals surface area contributed by atoms with Crippen molar-refractivity contribution in [1.29, 1.82) is 0 Å². The van der Waals surface area contributed by atoms with Gasteiger partial charge in [0.25, 0.3) is 11.8 Å². The van der Waals surface area contributed by atoms with Crippen LogP contribution in [0.15, 0.2) is 60.4 Å². The molecular weight excluding hydrogens is 369 g/mol. The Morgan fingerprint density at radius 2 is 1.79 bits per heavy atom. The van der Waals surface area contributed by atoms with Crippen LogP contribution in [0.1, 0.15) is 36.7 Å². The number of hydrogen-bond donors (Lipinski definition) is 2. The van der Waals surface area contributed by atoms with Gasteiger partial charge in [-0.3, -0.25) is 9.59 Å². The molecule has 0 radical (unpaired) electrons. The molecule has 3 aromatic rings. The second-order valence-corrected chi connectivity index (χ2v) is 7.01. The molecule has 0 aliphatic heterocycles. The van der Waals surface area contributed by atoms with Crippen LogP contribution in [0, 0.1) is 5.82 Å². The van der Waals surface area contributed by atoms with Gasteiger partial charge in [-0.15, -0.1) is 0 Å². The van der Waals surface area contributed by atoms with Gasteiger partial charge in [0.2, 0.25) is 0 Å². The predicted molar refractivity (Wildman–Crippen MR) is 113 cm³/mol. The first-order valence-corrected chi connectivity index (χ1v) is 9.57. The molecule has 5 nitrogen and oxygen atoms in total. The van der Waals surface area contributed by atoms with Crippen LogP contribution in [0.5, 0.6) is 0 Å². The molecular formula is C23H24FN3O2. The molecule has 2 amide bonds. The van der Waals surface area contributed by atoms with E-state index in [1.54, 1.807) is 12.1 Å². The molecule has 6 heteroatoms. The van der Waals surface area contributed by atoms with E-state index in [0.29, 0.717) is 0 Å². The third kappa shape index (κ3) is 4.54. The lowest BCUT2D eigenvalue weighted by molar-refractivity contribution is -0.118. The van der Waals surface area contributed by atoms with E-state index in [4.69, 9.17) is 0 Å². The molecule has 0 aliphatic rings. The zero-order chi connectivity index (χ0) is 21.0. The fourth-order valence-corrected chi connectivity index (χ4v) is 3.14. The van der Waals surface area contributed by atoms with E-state index in [0.717, 1.165) is 23.0 Å². The molecule has 2 aromatic carbocycles. The van der Waals surface area contributed by atoms with E-state index >= 15 is 0 Å². The van der Waals surface area contributed by atoms with Crippen LogP contribution in [0.3, 0.4) is 0 Å². The topological polar surface area (TPSA) is 63.1 Å². The maximum Gasteiger partial charge on any atom is 0.268 e. The van der Waals surface area contributed by atoms with E-state index in [9.17, 15) is 14.0 Å². The van der Waals surface area contributed by atoms with Crippen molar-refractivity contribution in [2.45, 2.75) is 33.4 Å². The van der Waals surface area contributed by atoms with E-state index in [1.165, 1.54) is 18.2 Å². The lowest BCUT2D eigenvalue weighted by Gasteiger charge is -2.13. The first kappa shape index (κ1) is 20.3. The van der Waals surface area contributed by atoms with Gasteiger partial charge in [0.05, 0.1) is 5.56 Å². The highest BCUT2D eigenvalue weighted by Crippen LogP contribution is 2.23. The standard InChI is InChI=1S/C23H24FN3O2/c1-4-27-14-16(17-9-6-8-12-21(17)27)13-20(23(29)25-15(2)3)26-22(28)18-10-5-7-11-19(18)24/h5-15H,4H2,1-3H3,(H,25,29)(H,26,28)/b20-13-. The molecule has 150 valence electrons. The first-order chi connectivity index (χ1) is 13.9. The summed E-state index contributed by atoms with van der Waals surface area (Å²) < 4.78 is 16.1. The zero-order valence-corrected chi connectivity index (χ0v) is 16.7. The Hall–Kier alpha value is -3.41. The van der Waals surface area contributed by atoms with Gasteiger partial charge in [-0.05, 0) is 45.0 Å². The van der Waals surface area contributed by atoms with Crippen molar-refractivity contribution in [2.75, 3.05) is 0 Å².